The van der Waals surface area contributed by atoms with E-state index < -0.39 is 5.97 Å². The number of ether oxygens (including phenoxy) is 2. The average Bonchev–Trinajstić information content (AvgIpc) is 2.84. The molecule has 0 unspecified atom stereocenters. The number of H-pyrrole nitrogens is 1. The molecule has 1 aliphatic rings. The normalized spacial score (nSPS) is 13.3. The fourth-order valence-electron chi connectivity index (χ4n) is 2.03. The topological polar surface area (TPSA) is 84.4 Å². The van der Waals surface area contributed by atoms with Crippen LogP contribution in [0.4, 0.5) is 0 Å². The van der Waals surface area contributed by atoms with E-state index >= 15 is 0 Å². The van der Waals surface area contributed by atoms with Crippen molar-refractivity contribution < 1.29 is 19.4 Å². The Kier molecular flexibility index (Phi) is 2.63. The van der Waals surface area contributed by atoms with Crippen molar-refractivity contribution in [3.63, 3.8) is 0 Å². The highest BCUT2D eigenvalue weighted by Crippen LogP contribution is 2.38. The maximum atomic E-state index is 11.3. The first-order valence-electron chi connectivity index (χ1n) is 5.84. The van der Waals surface area contributed by atoms with Crippen LogP contribution in [-0.4, -0.2) is 34.5 Å². The first-order chi connectivity index (χ1) is 9.15. The van der Waals surface area contributed by atoms with E-state index in [2.05, 4.69) is 10.2 Å². The van der Waals surface area contributed by atoms with Gasteiger partial charge in [0.2, 0.25) is 0 Å². The number of hydrogen-bond donors (Lipinski definition) is 2. The highest BCUT2D eigenvalue weighted by Gasteiger charge is 2.22. The zero-order chi connectivity index (χ0) is 13.4. The molecule has 1 aliphatic heterocycles. The molecule has 19 heavy (non-hydrogen) atoms. The molecule has 0 aliphatic carbocycles. The maximum Gasteiger partial charge on any atom is 0.339 e. The lowest BCUT2D eigenvalue weighted by atomic mass is 10.1. The van der Waals surface area contributed by atoms with E-state index in [0.717, 1.165) is 5.69 Å². The Morgan fingerprint density at radius 1 is 1.32 bits per heavy atom. The van der Waals surface area contributed by atoms with Crippen LogP contribution in [-0.2, 0) is 0 Å². The van der Waals surface area contributed by atoms with Crippen molar-refractivity contribution >= 4 is 5.97 Å². The molecule has 6 nitrogen and oxygen atoms in total. The molecule has 2 aromatic rings. The molecule has 6 heteroatoms. The molecule has 0 radical (unpaired) electrons. The van der Waals surface area contributed by atoms with Crippen molar-refractivity contribution in [1.82, 2.24) is 10.2 Å². The SMILES string of the molecule is Cc1cc(-c2cc3c(c(C(=O)O)c2)OCCO3)n[nH]1. The number of aromatic amines is 1. The van der Waals surface area contributed by atoms with Gasteiger partial charge in [-0.3, -0.25) is 5.10 Å². The molecular formula is C13H12N2O4. The van der Waals surface area contributed by atoms with Crippen LogP contribution in [0, 0.1) is 6.92 Å². The lowest BCUT2D eigenvalue weighted by molar-refractivity contribution is 0.0686. The fraction of sp³-hybridized carbons (Fsp3) is 0.231. The van der Waals surface area contributed by atoms with Crippen LogP contribution < -0.4 is 9.47 Å². The van der Waals surface area contributed by atoms with Crippen molar-refractivity contribution in [1.29, 1.82) is 0 Å². The molecule has 3 rings (SSSR count). The third-order valence-corrected chi connectivity index (χ3v) is 2.87. The number of aryl methyl sites for hydroxylation is 1. The van der Waals surface area contributed by atoms with Gasteiger partial charge in [-0.15, -0.1) is 0 Å². The van der Waals surface area contributed by atoms with Gasteiger partial charge in [0.15, 0.2) is 11.5 Å². The van der Waals surface area contributed by atoms with Gasteiger partial charge in [-0.1, -0.05) is 0 Å². The number of carboxylic acids is 1. The molecule has 0 atom stereocenters. The zero-order valence-electron chi connectivity index (χ0n) is 10.3. The van der Waals surface area contributed by atoms with E-state index in [1.807, 2.05) is 13.0 Å². The van der Waals surface area contributed by atoms with Gasteiger partial charge in [0.05, 0.1) is 5.69 Å². The number of fused-ring (bicyclic) bond motifs is 1. The molecule has 1 aromatic heterocycles. The monoisotopic (exact) mass is 260 g/mol. The number of rotatable bonds is 2. The summed E-state index contributed by atoms with van der Waals surface area (Å²) in [6.07, 6.45) is 0. The molecule has 0 amide bonds. The molecule has 0 saturated carbocycles. The Hall–Kier alpha value is -2.50. The molecule has 1 aromatic carbocycles. The summed E-state index contributed by atoms with van der Waals surface area (Å²) in [7, 11) is 0. The summed E-state index contributed by atoms with van der Waals surface area (Å²) in [6, 6.07) is 5.14. The lowest BCUT2D eigenvalue weighted by Gasteiger charge is -2.20. The first-order valence-corrected chi connectivity index (χ1v) is 5.84. The molecule has 0 saturated heterocycles. The van der Waals surface area contributed by atoms with Crippen molar-refractivity contribution in [2.24, 2.45) is 0 Å². The summed E-state index contributed by atoms with van der Waals surface area (Å²) in [4.78, 5) is 11.3. The third kappa shape index (κ3) is 2.01. The molecule has 98 valence electrons. The molecule has 0 bridgehead atoms. The van der Waals surface area contributed by atoms with Crippen molar-refractivity contribution in [2.75, 3.05) is 13.2 Å². The molecule has 0 fully saturated rings. The van der Waals surface area contributed by atoms with Crippen LogP contribution in [0.25, 0.3) is 11.3 Å². The van der Waals surface area contributed by atoms with Gasteiger partial charge in [0.1, 0.15) is 18.8 Å². The second kappa shape index (κ2) is 4.31. The van der Waals surface area contributed by atoms with Gasteiger partial charge in [0, 0.05) is 11.3 Å². The minimum Gasteiger partial charge on any atom is -0.486 e. The quantitative estimate of drug-likeness (QED) is 0.860. The van der Waals surface area contributed by atoms with Gasteiger partial charge >= 0.3 is 5.97 Å². The van der Waals surface area contributed by atoms with Crippen LogP contribution in [0.1, 0.15) is 16.1 Å². The van der Waals surface area contributed by atoms with Crippen LogP contribution >= 0.6 is 0 Å². The number of hydrogen-bond acceptors (Lipinski definition) is 4. The van der Waals surface area contributed by atoms with Crippen LogP contribution in [0.15, 0.2) is 18.2 Å². The van der Waals surface area contributed by atoms with E-state index in [-0.39, 0.29) is 11.3 Å². The van der Waals surface area contributed by atoms with E-state index in [1.54, 1.807) is 12.1 Å². The molecular weight excluding hydrogens is 248 g/mol. The second-order valence-electron chi connectivity index (χ2n) is 4.29. The summed E-state index contributed by atoms with van der Waals surface area (Å²) >= 11 is 0. The number of nitrogens with one attached hydrogen (secondary N) is 1. The van der Waals surface area contributed by atoms with Gasteiger partial charge < -0.3 is 14.6 Å². The maximum absolute atomic E-state index is 11.3. The molecule has 2 N–H and O–H groups in total. The van der Waals surface area contributed by atoms with Crippen molar-refractivity contribution in [3.05, 3.63) is 29.5 Å². The first kappa shape index (κ1) is 11.6. The summed E-state index contributed by atoms with van der Waals surface area (Å²) in [6.45, 7) is 2.65. The summed E-state index contributed by atoms with van der Waals surface area (Å²) in [5.41, 5.74) is 2.36. The van der Waals surface area contributed by atoms with Gasteiger partial charge in [0.25, 0.3) is 0 Å². The van der Waals surface area contributed by atoms with E-state index in [0.29, 0.717) is 30.2 Å². The standard InChI is InChI=1S/C13H12N2O4/c1-7-4-10(15-14-7)8-5-9(13(16)17)12-11(6-8)18-2-3-19-12/h4-6H,2-3H2,1H3,(H,14,15)(H,16,17). The summed E-state index contributed by atoms with van der Waals surface area (Å²) in [5.74, 6) is -0.313. The minimum atomic E-state index is -1.05. The minimum absolute atomic E-state index is 0.0906. The number of aromatic nitrogens is 2. The molecule has 2 heterocycles. The van der Waals surface area contributed by atoms with Gasteiger partial charge in [-0.25, -0.2) is 4.79 Å². The van der Waals surface area contributed by atoms with Gasteiger partial charge in [-0.2, -0.15) is 5.10 Å². The van der Waals surface area contributed by atoms with E-state index in [1.165, 1.54) is 0 Å². The van der Waals surface area contributed by atoms with Crippen LogP contribution in [0.3, 0.4) is 0 Å². The van der Waals surface area contributed by atoms with Gasteiger partial charge in [-0.05, 0) is 25.1 Å². The highest BCUT2D eigenvalue weighted by atomic mass is 16.6. The Balaban J connectivity index is 2.16. The predicted molar refractivity (Wildman–Crippen MR) is 66.7 cm³/mol. The van der Waals surface area contributed by atoms with Crippen LogP contribution in [0.5, 0.6) is 11.5 Å². The smallest absolute Gasteiger partial charge is 0.339 e. The van der Waals surface area contributed by atoms with Crippen molar-refractivity contribution in [3.8, 4) is 22.8 Å². The summed E-state index contributed by atoms with van der Waals surface area (Å²) in [5, 5.41) is 16.2. The largest absolute Gasteiger partial charge is 0.486 e. The number of benzene rings is 1. The van der Waals surface area contributed by atoms with Crippen LogP contribution in [0.2, 0.25) is 0 Å². The zero-order valence-corrected chi connectivity index (χ0v) is 10.3. The average molecular weight is 260 g/mol. The van der Waals surface area contributed by atoms with Crippen molar-refractivity contribution in [2.45, 2.75) is 6.92 Å². The number of aromatic carboxylic acids is 1. The van der Waals surface area contributed by atoms with E-state index in [9.17, 15) is 9.90 Å². The lowest BCUT2D eigenvalue weighted by Crippen LogP contribution is -2.18. The van der Waals surface area contributed by atoms with E-state index in [4.69, 9.17) is 9.47 Å². The highest BCUT2D eigenvalue weighted by molar-refractivity contribution is 5.94. The number of nitrogens with zero attached hydrogens (tertiary/aromatic N) is 1. The number of carboxylic acid groups (broad SMARTS) is 1. The molecule has 0 spiro atoms. The fourth-order valence-corrected chi connectivity index (χ4v) is 2.03. The Labute approximate surface area is 109 Å². The Morgan fingerprint density at radius 3 is 2.79 bits per heavy atom. The third-order valence-electron chi connectivity index (χ3n) is 2.87. The predicted octanol–water partition coefficient (Wildman–Crippen LogP) is 1.85. The second-order valence-corrected chi connectivity index (χ2v) is 4.29. The number of carbonyl (C=O) groups is 1. The Bertz CT molecular complexity index is 648. The Morgan fingerprint density at radius 2 is 2.11 bits per heavy atom. The summed E-state index contributed by atoms with van der Waals surface area (Å²) < 4.78 is 10.8.